The van der Waals surface area contributed by atoms with Crippen LogP contribution in [0.1, 0.15) is 0 Å². The molecule has 0 fully saturated rings. The van der Waals surface area contributed by atoms with Crippen LogP contribution in [-0.4, -0.2) is 19.8 Å². The maximum absolute atomic E-state index is 14.3. The number of halogens is 4. The lowest BCUT2D eigenvalue weighted by molar-refractivity contribution is -0.136. The molecular formula is C19H14Cl3FN2O3. The van der Waals surface area contributed by atoms with Gasteiger partial charge in [-0.2, -0.15) is 0 Å². The van der Waals surface area contributed by atoms with E-state index >= 15 is 0 Å². The van der Waals surface area contributed by atoms with Crippen LogP contribution in [-0.2, 0) is 14.3 Å². The number of hydrogen-bond acceptors (Lipinski definition) is 5. The number of rotatable bonds is 5. The van der Waals surface area contributed by atoms with E-state index < -0.39 is 11.8 Å². The standard InChI is InChI=1S/C19H14Cl3FN2O3/c1-27-19(26)18-16(7-8-24-15-6-5-11(20)9-13(15)22)28-10-25(18)17-12(21)3-2-4-14(17)23/h2-9,24H,10H2,1H3/b8-7+. The van der Waals surface area contributed by atoms with Crippen molar-refractivity contribution in [2.45, 2.75) is 0 Å². The monoisotopic (exact) mass is 442 g/mol. The number of allylic oxidation sites excluding steroid dienone is 1. The van der Waals surface area contributed by atoms with Crippen molar-refractivity contribution in [2.24, 2.45) is 0 Å². The van der Waals surface area contributed by atoms with E-state index in [0.717, 1.165) is 0 Å². The first-order chi connectivity index (χ1) is 13.4. The van der Waals surface area contributed by atoms with Crippen LogP contribution in [0.4, 0.5) is 15.8 Å². The van der Waals surface area contributed by atoms with Crippen molar-refractivity contribution < 1.29 is 18.7 Å². The molecule has 1 aliphatic rings. The van der Waals surface area contributed by atoms with Crippen LogP contribution in [0.15, 0.2) is 60.1 Å². The predicted octanol–water partition coefficient (Wildman–Crippen LogP) is 5.59. The van der Waals surface area contributed by atoms with Crippen LogP contribution in [0.2, 0.25) is 15.1 Å². The summed E-state index contributed by atoms with van der Waals surface area (Å²) in [5.74, 6) is -1.10. The smallest absolute Gasteiger partial charge is 0.358 e. The van der Waals surface area contributed by atoms with Crippen molar-refractivity contribution in [3.63, 3.8) is 0 Å². The van der Waals surface area contributed by atoms with E-state index in [2.05, 4.69) is 5.32 Å². The highest BCUT2D eigenvalue weighted by molar-refractivity contribution is 6.36. The number of hydrogen-bond donors (Lipinski definition) is 1. The van der Waals surface area contributed by atoms with E-state index in [9.17, 15) is 9.18 Å². The molecule has 2 aromatic carbocycles. The first-order valence-corrected chi connectivity index (χ1v) is 9.11. The Morgan fingerprint density at radius 3 is 2.71 bits per heavy atom. The van der Waals surface area contributed by atoms with Crippen molar-refractivity contribution in [3.8, 4) is 0 Å². The van der Waals surface area contributed by atoms with Gasteiger partial charge in [0.25, 0.3) is 0 Å². The van der Waals surface area contributed by atoms with Gasteiger partial charge in [0.05, 0.1) is 28.5 Å². The normalized spacial score (nSPS) is 13.8. The molecule has 0 amide bonds. The number of carbonyl (C=O) groups is 1. The predicted molar refractivity (Wildman–Crippen MR) is 108 cm³/mol. The van der Waals surface area contributed by atoms with E-state index in [-0.39, 0.29) is 28.9 Å². The minimum atomic E-state index is -0.694. The molecule has 1 aliphatic heterocycles. The highest BCUT2D eigenvalue weighted by Crippen LogP contribution is 2.36. The Morgan fingerprint density at radius 2 is 2.04 bits per heavy atom. The van der Waals surface area contributed by atoms with Gasteiger partial charge in [-0.3, -0.25) is 4.90 Å². The molecule has 3 rings (SSSR count). The molecule has 146 valence electrons. The van der Waals surface area contributed by atoms with Gasteiger partial charge in [-0.05, 0) is 36.4 Å². The lowest BCUT2D eigenvalue weighted by Crippen LogP contribution is -2.26. The second-order valence-electron chi connectivity index (χ2n) is 5.58. The largest absolute Gasteiger partial charge is 0.470 e. The van der Waals surface area contributed by atoms with E-state index in [0.29, 0.717) is 15.7 Å². The average molecular weight is 444 g/mol. The lowest BCUT2D eigenvalue weighted by Gasteiger charge is -2.20. The van der Waals surface area contributed by atoms with Crippen molar-refractivity contribution >= 4 is 52.1 Å². The van der Waals surface area contributed by atoms with E-state index in [4.69, 9.17) is 44.3 Å². The molecule has 2 aromatic rings. The Kier molecular flexibility index (Phi) is 6.34. The fourth-order valence-electron chi connectivity index (χ4n) is 2.57. The zero-order valence-corrected chi connectivity index (χ0v) is 16.8. The van der Waals surface area contributed by atoms with Gasteiger partial charge >= 0.3 is 5.97 Å². The molecule has 28 heavy (non-hydrogen) atoms. The maximum atomic E-state index is 14.3. The van der Waals surface area contributed by atoms with E-state index in [1.165, 1.54) is 42.5 Å². The first-order valence-electron chi connectivity index (χ1n) is 7.97. The summed E-state index contributed by atoms with van der Waals surface area (Å²) < 4.78 is 24.7. The molecule has 0 saturated heterocycles. The molecular weight excluding hydrogens is 430 g/mol. The summed E-state index contributed by atoms with van der Waals surface area (Å²) in [7, 11) is 1.22. The van der Waals surface area contributed by atoms with Crippen molar-refractivity contribution in [3.05, 3.63) is 81.0 Å². The number of carbonyl (C=O) groups excluding carboxylic acids is 1. The molecule has 1 N–H and O–H groups in total. The van der Waals surface area contributed by atoms with Crippen LogP contribution in [0.25, 0.3) is 0 Å². The number of ether oxygens (including phenoxy) is 2. The number of benzene rings is 2. The van der Waals surface area contributed by atoms with Gasteiger partial charge in [0.15, 0.2) is 18.2 Å². The number of methoxy groups -OCH3 is 1. The van der Waals surface area contributed by atoms with Gasteiger partial charge in [0.1, 0.15) is 5.82 Å². The van der Waals surface area contributed by atoms with Crippen LogP contribution in [0.5, 0.6) is 0 Å². The fraction of sp³-hybridized carbons (Fsp3) is 0.105. The summed E-state index contributed by atoms with van der Waals surface area (Å²) in [5, 5.41) is 4.03. The van der Waals surface area contributed by atoms with Gasteiger partial charge in [0.2, 0.25) is 0 Å². The Bertz CT molecular complexity index is 959. The summed E-state index contributed by atoms with van der Waals surface area (Å²) >= 11 is 18.1. The van der Waals surface area contributed by atoms with E-state index in [1.807, 2.05) is 0 Å². The van der Waals surface area contributed by atoms with Crippen LogP contribution < -0.4 is 10.2 Å². The Balaban J connectivity index is 1.92. The summed E-state index contributed by atoms with van der Waals surface area (Å²) in [6, 6.07) is 9.20. The fourth-order valence-corrected chi connectivity index (χ4v) is 3.30. The number of anilines is 2. The summed E-state index contributed by atoms with van der Waals surface area (Å²) in [5.41, 5.74) is 0.658. The maximum Gasteiger partial charge on any atom is 0.358 e. The SMILES string of the molecule is COC(=O)C1=C(/C=C/Nc2ccc(Cl)cc2Cl)OCN1c1c(F)cccc1Cl. The topological polar surface area (TPSA) is 50.8 Å². The number of esters is 1. The Labute approximate surface area is 175 Å². The van der Waals surface area contributed by atoms with Crippen LogP contribution in [0, 0.1) is 5.82 Å². The number of nitrogens with zero attached hydrogens (tertiary/aromatic N) is 1. The minimum Gasteiger partial charge on any atom is -0.470 e. The summed E-state index contributed by atoms with van der Waals surface area (Å²) in [6.07, 6.45) is 3.03. The zero-order valence-electron chi connectivity index (χ0n) is 14.5. The molecule has 0 saturated carbocycles. The average Bonchev–Trinajstić information content (AvgIpc) is 3.06. The zero-order chi connectivity index (χ0) is 20.3. The van der Waals surface area contributed by atoms with Crippen molar-refractivity contribution in [2.75, 3.05) is 24.1 Å². The Hall–Kier alpha value is -2.41. The van der Waals surface area contributed by atoms with Gasteiger partial charge in [-0.1, -0.05) is 40.9 Å². The van der Waals surface area contributed by atoms with Gasteiger partial charge in [0, 0.05) is 11.2 Å². The molecule has 0 radical (unpaired) electrons. The van der Waals surface area contributed by atoms with Crippen molar-refractivity contribution in [1.82, 2.24) is 0 Å². The van der Waals surface area contributed by atoms with Gasteiger partial charge < -0.3 is 14.8 Å². The summed E-state index contributed by atoms with van der Waals surface area (Å²) in [6.45, 7) is -0.105. The highest BCUT2D eigenvalue weighted by atomic mass is 35.5. The molecule has 0 spiro atoms. The highest BCUT2D eigenvalue weighted by Gasteiger charge is 2.33. The quantitative estimate of drug-likeness (QED) is 0.611. The third-order valence-corrected chi connectivity index (χ3v) is 4.70. The second kappa shape index (κ2) is 8.73. The van der Waals surface area contributed by atoms with Crippen molar-refractivity contribution in [1.29, 1.82) is 0 Å². The molecule has 1 heterocycles. The van der Waals surface area contributed by atoms with E-state index in [1.54, 1.807) is 18.2 Å². The van der Waals surface area contributed by atoms with Crippen LogP contribution >= 0.6 is 34.8 Å². The van der Waals surface area contributed by atoms with Crippen LogP contribution in [0.3, 0.4) is 0 Å². The third-order valence-electron chi connectivity index (χ3n) is 3.84. The Morgan fingerprint density at radius 1 is 1.25 bits per heavy atom. The molecule has 0 bridgehead atoms. The van der Waals surface area contributed by atoms with Gasteiger partial charge in [-0.15, -0.1) is 0 Å². The lowest BCUT2D eigenvalue weighted by atomic mass is 10.2. The second-order valence-corrected chi connectivity index (χ2v) is 6.83. The molecule has 0 atom stereocenters. The molecule has 0 aromatic heterocycles. The summed E-state index contributed by atoms with van der Waals surface area (Å²) in [4.78, 5) is 13.6. The molecule has 9 heteroatoms. The van der Waals surface area contributed by atoms with Gasteiger partial charge in [-0.25, -0.2) is 9.18 Å². The minimum absolute atomic E-state index is 0.0229. The third kappa shape index (κ3) is 4.19. The molecule has 0 aliphatic carbocycles. The number of para-hydroxylation sites is 1. The first kappa shape index (κ1) is 20.3. The molecule has 0 unspecified atom stereocenters. The number of nitrogens with one attached hydrogen (secondary N) is 1. The molecule has 5 nitrogen and oxygen atoms in total.